The molecule has 9 heteroatoms. The van der Waals surface area contributed by atoms with Crippen LogP contribution in [0.3, 0.4) is 0 Å². The maximum Gasteiger partial charge on any atom is 0.264 e. The molecule has 0 heterocycles. The first kappa shape index (κ1) is 26.1. The number of rotatable bonds is 10. The normalized spacial score (nSPS) is 11.3. The molecule has 0 saturated carbocycles. The predicted molar refractivity (Wildman–Crippen MR) is 137 cm³/mol. The number of halogens is 2. The second-order valence-corrected chi connectivity index (χ2v) is 11.1. The molecule has 3 aromatic carbocycles. The molecule has 0 spiro atoms. The second-order valence-electron chi connectivity index (χ2n) is 7.73. The summed E-state index contributed by atoms with van der Waals surface area (Å²) in [6.07, 6.45) is 0. The van der Waals surface area contributed by atoms with Crippen molar-refractivity contribution in [2.45, 2.75) is 24.5 Å². The van der Waals surface area contributed by atoms with Crippen molar-refractivity contribution in [3.63, 3.8) is 0 Å². The van der Waals surface area contributed by atoms with Crippen LogP contribution < -0.4 is 9.62 Å². The van der Waals surface area contributed by atoms with Gasteiger partial charge in [0.15, 0.2) is 0 Å². The van der Waals surface area contributed by atoms with E-state index < -0.39 is 15.9 Å². The van der Waals surface area contributed by atoms with Gasteiger partial charge in [0.1, 0.15) is 12.4 Å². The number of carbonyl (C=O) groups is 1. The maximum atomic E-state index is 13.7. The summed E-state index contributed by atoms with van der Waals surface area (Å²) in [4.78, 5) is 12.7. The van der Waals surface area contributed by atoms with Crippen LogP contribution in [0.1, 0.15) is 16.7 Å². The molecule has 0 bridgehead atoms. The molecule has 0 aromatic heterocycles. The van der Waals surface area contributed by atoms with E-state index in [0.717, 1.165) is 15.4 Å². The van der Waals surface area contributed by atoms with Crippen LogP contribution in [-0.2, 0) is 20.6 Å². The summed E-state index contributed by atoms with van der Waals surface area (Å²) in [6, 6.07) is 17.7. The third-order valence-corrected chi connectivity index (χ3v) is 8.30. The Hall–Kier alpha value is -2.55. The molecule has 34 heavy (non-hydrogen) atoms. The second kappa shape index (κ2) is 11.7. The number of amides is 1. The first-order valence-electron chi connectivity index (χ1n) is 10.6. The van der Waals surface area contributed by atoms with Crippen LogP contribution in [0.15, 0.2) is 71.6 Å². The molecule has 0 aliphatic carbocycles. The molecule has 1 N–H and O–H groups in total. The maximum absolute atomic E-state index is 13.7. The van der Waals surface area contributed by atoms with Crippen molar-refractivity contribution in [2.24, 2.45) is 0 Å². The van der Waals surface area contributed by atoms with Gasteiger partial charge in [-0.3, -0.25) is 9.10 Å². The van der Waals surface area contributed by atoms with Gasteiger partial charge in [0.25, 0.3) is 10.0 Å². The fraction of sp³-hybridized carbons (Fsp3) is 0.240. The number of hydrogen-bond donors (Lipinski definition) is 1. The fourth-order valence-corrected chi connectivity index (χ4v) is 5.56. The lowest BCUT2D eigenvalue weighted by Gasteiger charge is -2.25. The third kappa shape index (κ3) is 6.74. The Labute approximate surface area is 209 Å². The van der Waals surface area contributed by atoms with Crippen molar-refractivity contribution in [3.05, 3.63) is 94.3 Å². The Morgan fingerprint density at radius 3 is 2.41 bits per heavy atom. The van der Waals surface area contributed by atoms with E-state index in [2.05, 4.69) is 5.32 Å². The molecule has 0 saturated heterocycles. The number of benzene rings is 3. The van der Waals surface area contributed by atoms with Crippen molar-refractivity contribution in [1.29, 1.82) is 0 Å². The van der Waals surface area contributed by atoms with Gasteiger partial charge in [-0.25, -0.2) is 12.8 Å². The van der Waals surface area contributed by atoms with E-state index in [1.165, 1.54) is 42.1 Å². The molecule has 0 aliphatic heterocycles. The molecular formula is C25H26ClFN2O3S2. The number of aryl methyl sites for hydroxylation is 2. The van der Waals surface area contributed by atoms with Gasteiger partial charge in [-0.15, -0.1) is 0 Å². The quantitative estimate of drug-likeness (QED) is 0.366. The van der Waals surface area contributed by atoms with E-state index in [-0.39, 0.29) is 17.3 Å². The first-order chi connectivity index (χ1) is 16.2. The summed E-state index contributed by atoms with van der Waals surface area (Å²) in [5, 5.41) is 3.18. The molecule has 0 aliphatic rings. The van der Waals surface area contributed by atoms with Gasteiger partial charge >= 0.3 is 0 Å². The van der Waals surface area contributed by atoms with Gasteiger partial charge in [-0.2, -0.15) is 11.8 Å². The van der Waals surface area contributed by atoms with Gasteiger partial charge in [0.2, 0.25) is 5.91 Å². The SMILES string of the molecule is Cc1ccc(N(CC(=O)NCCSCc2ccccc2F)S(=O)(=O)c2ccc(Cl)cc2)cc1C. The lowest BCUT2D eigenvalue weighted by molar-refractivity contribution is -0.119. The minimum Gasteiger partial charge on any atom is -0.354 e. The molecule has 0 fully saturated rings. The van der Waals surface area contributed by atoms with E-state index in [1.807, 2.05) is 19.9 Å². The fourth-order valence-electron chi connectivity index (χ4n) is 3.18. The van der Waals surface area contributed by atoms with Crippen molar-refractivity contribution < 1.29 is 17.6 Å². The van der Waals surface area contributed by atoms with Crippen LogP contribution in [0, 0.1) is 19.7 Å². The lowest BCUT2D eigenvalue weighted by atomic mass is 10.1. The van der Waals surface area contributed by atoms with Gasteiger partial charge in [0.05, 0.1) is 10.6 Å². The monoisotopic (exact) mass is 520 g/mol. The van der Waals surface area contributed by atoms with Gasteiger partial charge in [0, 0.05) is 23.1 Å². The Morgan fingerprint density at radius 1 is 1.03 bits per heavy atom. The van der Waals surface area contributed by atoms with E-state index in [0.29, 0.717) is 34.3 Å². The van der Waals surface area contributed by atoms with Crippen LogP contribution in [0.25, 0.3) is 0 Å². The highest BCUT2D eigenvalue weighted by Gasteiger charge is 2.27. The van der Waals surface area contributed by atoms with Gasteiger partial charge in [-0.05, 0) is 73.0 Å². The highest BCUT2D eigenvalue weighted by molar-refractivity contribution is 7.98. The Morgan fingerprint density at radius 2 is 1.74 bits per heavy atom. The summed E-state index contributed by atoms with van der Waals surface area (Å²) in [5.74, 6) is 0.369. The third-order valence-electron chi connectivity index (χ3n) is 5.25. The molecule has 1 amide bonds. The van der Waals surface area contributed by atoms with Crippen LogP contribution in [-0.4, -0.2) is 33.2 Å². The van der Waals surface area contributed by atoms with E-state index >= 15 is 0 Å². The standard InChI is InChI=1S/C25H26ClFN2O3S2/c1-18-7-10-22(15-19(18)2)29(34(31,32)23-11-8-21(26)9-12-23)16-25(30)28-13-14-33-17-20-5-3-4-6-24(20)27/h3-12,15H,13-14,16-17H2,1-2H3,(H,28,30). The molecule has 3 aromatic rings. The number of nitrogens with one attached hydrogen (secondary N) is 1. The van der Waals surface area contributed by atoms with Crippen molar-refractivity contribution >= 4 is 45.0 Å². The zero-order valence-corrected chi connectivity index (χ0v) is 21.3. The molecular weight excluding hydrogens is 495 g/mol. The summed E-state index contributed by atoms with van der Waals surface area (Å²) in [7, 11) is -4.00. The van der Waals surface area contributed by atoms with Crippen LogP contribution in [0.4, 0.5) is 10.1 Å². The summed E-state index contributed by atoms with van der Waals surface area (Å²) < 4.78 is 41.6. The van der Waals surface area contributed by atoms with Crippen molar-refractivity contribution in [2.75, 3.05) is 23.1 Å². The summed E-state index contributed by atoms with van der Waals surface area (Å²) in [5.41, 5.74) is 2.94. The Bertz CT molecular complexity index is 1250. The predicted octanol–water partition coefficient (Wildman–Crippen LogP) is 5.34. The first-order valence-corrected chi connectivity index (χ1v) is 13.6. The smallest absolute Gasteiger partial charge is 0.264 e. The highest BCUT2D eigenvalue weighted by Crippen LogP contribution is 2.26. The molecule has 3 rings (SSSR count). The van der Waals surface area contributed by atoms with Gasteiger partial charge < -0.3 is 5.32 Å². The number of thioether (sulfide) groups is 1. The topological polar surface area (TPSA) is 66.5 Å². The van der Waals surface area contributed by atoms with E-state index in [1.54, 1.807) is 30.3 Å². The van der Waals surface area contributed by atoms with Gasteiger partial charge in [-0.1, -0.05) is 35.9 Å². The van der Waals surface area contributed by atoms with Crippen molar-refractivity contribution in [1.82, 2.24) is 5.32 Å². The van der Waals surface area contributed by atoms with E-state index in [4.69, 9.17) is 11.6 Å². The van der Waals surface area contributed by atoms with Crippen LogP contribution in [0.2, 0.25) is 5.02 Å². The zero-order valence-electron chi connectivity index (χ0n) is 18.9. The molecule has 0 radical (unpaired) electrons. The number of hydrogen-bond acceptors (Lipinski definition) is 4. The number of carbonyl (C=O) groups excluding carboxylic acids is 1. The largest absolute Gasteiger partial charge is 0.354 e. The minimum absolute atomic E-state index is 0.0448. The average molecular weight is 521 g/mol. The lowest BCUT2D eigenvalue weighted by Crippen LogP contribution is -2.41. The molecule has 5 nitrogen and oxygen atoms in total. The minimum atomic E-state index is -4.00. The highest BCUT2D eigenvalue weighted by atomic mass is 35.5. The molecule has 0 unspecified atom stereocenters. The van der Waals surface area contributed by atoms with Crippen molar-refractivity contribution in [3.8, 4) is 0 Å². The van der Waals surface area contributed by atoms with Crippen LogP contribution in [0.5, 0.6) is 0 Å². The molecule has 0 atom stereocenters. The van der Waals surface area contributed by atoms with Crippen LogP contribution >= 0.6 is 23.4 Å². The molecule has 180 valence electrons. The Kier molecular flexibility index (Phi) is 8.99. The number of sulfonamides is 1. The summed E-state index contributed by atoms with van der Waals surface area (Å²) >= 11 is 7.40. The Balaban J connectivity index is 1.68. The number of anilines is 1. The number of nitrogens with zero attached hydrogens (tertiary/aromatic N) is 1. The van der Waals surface area contributed by atoms with E-state index in [9.17, 15) is 17.6 Å². The zero-order chi connectivity index (χ0) is 24.7. The summed E-state index contributed by atoms with van der Waals surface area (Å²) in [6.45, 7) is 3.78. The average Bonchev–Trinajstić information content (AvgIpc) is 2.80.